The van der Waals surface area contributed by atoms with Gasteiger partial charge >= 0.3 is 0 Å². The molecule has 1 unspecified atom stereocenters. The van der Waals surface area contributed by atoms with Crippen molar-refractivity contribution in [3.05, 3.63) is 6.92 Å². The van der Waals surface area contributed by atoms with Crippen molar-refractivity contribution < 1.29 is 4.74 Å². The molecule has 0 rings (SSSR count). The van der Waals surface area contributed by atoms with Gasteiger partial charge in [-0.1, -0.05) is 6.92 Å². The summed E-state index contributed by atoms with van der Waals surface area (Å²) in [6.07, 6.45) is 0.966. The molecule has 0 N–H and O–H groups in total. The van der Waals surface area contributed by atoms with Crippen LogP contribution in [0, 0.1) is 12.8 Å². The van der Waals surface area contributed by atoms with E-state index in [1.165, 1.54) is 0 Å². The van der Waals surface area contributed by atoms with Gasteiger partial charge in [-0.15, -0.1) is 0 Å². The van der Waals surface area contributed by atoms with Gasteiger partial charge in [0.25, 0.3) is 0 Å². The number of hydrogen-bond donors (Lipinski definition) is 0. The molecular formula is C7H14O. The van der Waals surface area contributed by atoms with Gasteiger partial charge in [0.05, 0.1) is 0 Å². The first-order chi connectivity index (χ1) is 3.77. The Balaban J connectivity index is 2.72. The van der Waals surface area contributed by atoms with Gasteiger partial charge in [-0.25, -0.2) is 0 Å². The Morgan fingerprint density at radius 3 is 2.62 bits per heavy atom. The molecule has 0 spiro atoms. The summed E-state index contributed by atoms with van der Waals surface area (Å²) in [4.78, 5) is 0. The smallest absolute Gasteiger partial charge is 0.0468 e. The average molecular weight is 114 g/mol. The Bertz CT molecular complexity index is 41.7. The van der Waals surface area contributed by atoms with Crippen molar-refractivity contribution in [2.75, 3.05) is 13.2 Å². The van der Waals surface area contributed by atoms with Gasteiger partial charge in [-0.05, 0) is 26.2 Å². The van der Waals surface area contributed by atoms with E-state index in [0.29, 0.717) is 0 Å². The van der Waals surface area contributed by atoms with E-state index in [9.17, 15) is 0 Å². The molecule has 0 aromatic carbocycles. The Morgan fingerprint density at radius 1 is 1.62 bits per heavy atom. The standard InChI is InChI=1S/C7H14O/c1-4-8-6-5-7(2)3/h2,7H,4-6H2,1,3H3. The molecule has 0 saturated heterocycles. The van der Waals surface area contributed by atoms with Crippen molar-refractivity contribution in [3.8, 4) is 0 Å². The lowest BCUT2D eigenvalue weighted by atomic mass is 10.1. The molecule has 0 aromatic rings. The van der Waals surface area contributed by atoms with Crippen LogP contribution < -0.4 is 0 Å². The predicted molar refractivity (Wildman–Crippen MR) is 34.6 cm³/mol. The lowest BCUT2D eigenvalue weighted by Gasteiger charge is -2.02. The van der Waals surface area contributed by atoms with Crippen LogP contribution in [0.5, 0.6) is 0 Å². The lowest BCUT2D eigenvalue weighted by molar-refractivity contribution is 0.138. The van der Waals surface area contributed by atoms with Crippen molar-refractivity contribution in [2.24, 2.45) is 5.92 Å². The SMILES string of the molecule is [CH]C(C)CCOCC. The molecule has 0 fully saturated rings. The van der Waals surface area contributed by atoms with Crippen LogP contribution >= 0.6 is 0 Å². The third-order valence-corrected chi connectivity index (χ3v) is 0.922. The highest BCUT2D eigenvalue weighted by atomic mass is 16.5. The number of ether oxygens (including phenoxy) is 1. The second kappa shape index (κ2) is 5.10. The van der Waals surface area contributed by atoms with E-state index >= 15 is 0 Å². The van der Waals surface area contributed by atoms with Gasteiger partial charge in [0, 0.05) is 13.2 Å². The maximum absolute atomic E-state index is 5.45. The summed E-state index contributed by atoms with van der Waals surface area (Å²) in [5.41, 5.74) is 0. The van der Waals surface area contributed by atoms with Crippen LogP contribution in [0.1, 0.15) is 20.3 Å². The van der Waals surface area contributed by atoms with Crippen LogP contribution in [0.3, 0.4) is 0 Å². The van der Waals surface area contributed by atoms with Crippen molar-refractivity contribution >= 4 is 0 Å². The fraction of sp³-hybridized carbons (Fsp3) is 0.857. The minimum Gasteiger partial charge on any atom is -0.382 e. The van der Waals surface area contributed by atoms with Gasteiger partial charge in [-0.2, -0.15) is 0 Å². The summed E-state index contributed by atoms with van der Waals surface area (Å²) in [5.74, 6) is 0.279. The van der Waals surface area contributed by atoms with Crippen molar-refractivity contribution in [3.63, 3.8) is 0 Å². The van der Waals surface area contributed by atoms with Gasteiger partial charge < -0.3 is 4.74 Å². The first-order valence-electron chi connectivity index (χ1n) is 3.10. The maximum Gasteiger partial charge on any atom is 0.0468 e. The molecule has 2 radical (unpaired) electrons. The van der Waals surface area contributed by atoms with Gasteiger partial charge in [-0.3, -0.25) is 0 Å². The third kappa shape index (κ3) is 5.96. The highest BCUT2D eigenvalue weighted by Crippen LogP contribution is 1.97. The molecule has 1 heteroatoms. The summed E-state index contributed by atoms with van der Waals surface area (Å²) in [5, 5.41) is 0. The summed E-state index contributed by atoms with van der Waals surface area (Å²) >= 11 is 0. The van der Waals surface area contributed by atoms with E-state index < -0.39 is 0 Å². The molecule has 0 amide bonds. The van der Waals surface area contributed by atoms with Crippen molar-refractivity contribution in [1.82, 2.24) is 0 Å². The fourth-order valence-electron chi connectivity index (χ4n) is 0.414. The predicted octanol–water partition coefficient (Wildman–Crippen LogP) is 1.76. The second-order valence-corrected chi connectivity index (χ2v) is 1.96. The van der Waals surface area contributed by atoms with E-state index in [1.807, 2.05) is 13.8 Å². The van der Waals surface area contributed by atoms with E-state index in [0.717, 1.165) is 19.6 Å². The zero-order valence-electron chi connectivity index (χ0n) is 5.68. The number of rotatable bonds is 4. The van der Waals surface area contributed by atoms with Crippen LogP contribution in [-0.4, -0.2) is 13.2 Å². The zero-order chi connectivity index (χ0) is 6.41. The maximum atomic E-state index is 5.45. The van der Waals surface area contributed by atoms with Gasteiger partial charge in [0.1, 0.15) is 0 Å². The molecule has 1 nitrogen and oxygen atoms in total. The largest absolute Gasteiger partial charge is 0.382 e. The Kier molecular flexibility index (Phi) is 5.08. The Hall–Kier alpha value is -0.0400. The normalized spacial score (nSPS) is 10.5. The van der Waals surface area contributed by atoms with E-state index in [-0.39, 0.29) is 5.92 Å². The van der Waals surface area contributed by atoms with Crippen molar-refractivity contribution in [1.29, 1.82) is 0 Å². The first kappa shape index (κ1) is 7.96. The molecule has 0 saturated carbocycles. The first-order valence-corrected chi connectivity index (χ1v) is 3.10. The topological polar surface area (TPSA) is 9.23 Å². The molecule has 0 aliphatic rings. The third-order valence-electron chi connectivity index (χ3n) is 0.922. The van der Waals surface area contributed by atoms with Crippen LogP contribution in [0.25, 0.3) is 0 Å². The van der Waals surface area contributed by atoms with Crippen molar-refractivity contribution in [2.45, 2.75) is 20.3 Å². The summed E-state index contributed by atoms with van der Waals surface area (Å²) in [7, 11) is 0. The zero-order valence-corrected chi connectivity index (χ0v) is 5.68. The monoisotopic (exact) mass is 114 g/mol. The highest BCUT2D eigenvalue weighted by molar-refractivity contribution is 4.51. The van der Waals surface area contributed by atoms with Crippen LogP contribution in [-0.2, 0) is 4.74 Å². The summed E-state index contributed by atoms with van der Waals surface area (Å²) in [6, 6.07) is 0. The Labute approximate surface area is 52.0 Å². The molecule has 1 atom stereocenters. The summed E-state index contributed by atoms with van der Waals surface area (Å²) in [6.45, 7) is 11.0. The number of hydrogen-bond acceptors (Lipinski definition) is 1. The summed E-state index contributed by atoms with van der Waals surface area (Å²) < 4.78 is 5.06. The molecule has 0 aliphatic heterocycles. The van der Waals surface area contributed by atoms with Crippen LogP contribution in [0.2, 0.25) is 0 Å². The minimum atomic E-state index is 0.279. The fourth-order valence-corrected chi connectivity index (χ4v) is 0.414. The average Bonchev–Trinajstić information content (AvgIpc) is 1.66. The highest BCUT2D eigenvalue weighted by Gasteiger charge is 1.90. The van der Waals surface area contributed by atoms with E-state index in [2.05, 4.69) is 0 Å². The van der Waals surface area contributed by atoms with Crippen LogP contribution in [0.4, 0.5) is 0 Å². The van der Waals surface area contributed by atoms with Gasteiger partial charge in [0.2, 0.25) is 0 Å². The Morgan fingerprint density at radius 2 is 2.25 bits per heavy atom. The minimum absolute atomic E-state index is 0.279. The molecule has 0 bridgehead atoms. The quantitative estimate of drug-likeness (QED) is 0.506. The van der Waals surface area contributed by atoms with Gasteiger partial charge in [0.15, 0.2) is 0 Å². The molecule has 8 heavy (non-hydrogen) atoms. The lowest BCUT2D eigenvalue weighted by Crippen LogP contribution is -1.97. The molecule has 48 valence electrons. The molecule has 0 heterocycles. The second-order valence-electron chi connectivity index (χ2n) is 1.96. The molecule has 0 aliphatic carbocycles. The molecular weight excluding hydrogens is 100 g/mol. The van der Waals surface area contributed by atoms with E-state index in [4.69, 9.17) is 11.7 Å². The molecule has 0 aromatic heterocycles. The van der Waals surface area contributed by atoms with E-state index in [1.54, 1.807) is 0 Å². The van der Waals surface area contributed by atoms with Crippen LogP contribution in [0.15, 0.2) is 0 Å².